The summed E-state index contributed by atoms with van der Waals surface area (Å²) in [5.74, 6) is -2.60. The van der Waals surface area contributed by atoms with E-state index in [1.165, 1.54) is 6.92 Å². The molecule has 1 fully saturated rings. The summed E-state index contributed by atoms with van der Waals surface area (Å²) in [5.41, 5.74) is 0.775. The third kappa shape index (κ3) is 7.33. The highest BCUT2D eigenvalue weighted by molar-refractivity contribution is 5.94. The van der Waals surface area contributed by atoms with E-state index in [4.69, 9.17) is 0 Å². The molecule has 32 heavy (non-hydrogen) atoms. The Morgan fingerprint density at radius 2 is 1.75 bits per heavy atom. The molecule has 0 bridgehead atoms. The van der Waals surface area contributed by atoms with Gasteiger partial charge < -0.3 is 26.4 Å². The van der Waals surface area contributed by atoms with Crippen molar-refractivity contribution in [2.75, 3.05) is 6.54 Å². The average molecular weight is 447 g/mol. The smallest absolute Gasteiger partial charge is 0.326 e. The van der Waals surface area contributed by atoms with Crippen molar-refractivity contribution < 1.29 is 24.3 Å². The van der Waals surface area contributed by atoms with Crippen LogP contribution in [0, 0.1) is 5.92 Å². The van der Waals surface area contributed by atoms with Gasteiger partial charge in [-0.05, 0) is 37.8 Å². The van der Waals surface area contributed by atoms with Gasteiger partial charge in [-0.15, -0.1) is 0 Å². The number of hydrogen-bond donors (Lipinski definition) is 5. The maximum atomic E-state index is 12.9. The van der Waals surface area contributed by atoms with Gasteiger partial charge in [-0.3, -0.25) is 14.4 Å². The maximum absolute atomic E-state index is 12.9. The van der Waals surface area contributed by atoms with Gasteiger partial charge >= 0.3 is 5.97 Å². The standard InChI is InChI=1S/C23H34N4O5/c1-4-14(2)19(27-21(29)17-11-8-12-24-17)22(30)25-15(3)20(28)26-18(23(31)32)13-16-9-6-5-7-10-16/h5-7,9-10,14-15,17-19,24H,4,8,11-13H2,1-3H3,(H,25,30)(H,26,28)(H,27,29)(H,31,32). The summed E-state index contributed by atoms with van der Waals surface area (Å²) in [4.78, 5) is 49.6. The third-order valence-corrected chi connectivity index (χ3v) is 5.82. The topological polar surface area (TPSA) is 137 Å². The molecule has 0 saturated carbocycles. The van der Waals surface area contributed by atoms with E-state index in [1.807, 2.05) is 19.9 Å². The number of carbonyl (C=O) groups is 4. The van der Waals surface area contributed by atoms with Gasteiger partial charge in [0.05, 0.1) is 6.04 Å². The second-order valence-corrected chi connectivity index (χ2v) is 8.34. The van der Waals surface area contributed by atoms with Gasteiger partial charge in [-0.1, -0.05) is 50.6 Å². The van der Waals surface area contributed by atoms with Crippen LogP contribution in [-0.4, -0.2) is 59.5 Å². The molecule has 0 aromatic heterocycles. The van der Waals surface area contributed by atoms with Crippen LogP contribution in [0.5, 0.6) is 0 Å². The first-order valence-corrected chi connectivity index (χ1v) is 11.1. The van der Waals surface area contributed by atoms with Gasteiger partial charge in [0.25, 0.3) is 0 Å². The maximum Gasteiger partial charge on any atom is 0.326 e. The second-order valence-electron chi connectivity index (χ2n) is 8.34. The summed E-state index contributed by atoms with van der Waals surface area (Å²) < 4.78 is 0. The molecule has 0 radical (unpaired) electrons. The van der Waals surface area contributed by atoms with Crippen molar-refractivity contribution in [1.29, 1.82) is 0 Å². The average Bonchev–Trinajstić information content (AvgIpc) is 3.31. The van der Waals surface area contributed by atoms with Crippen LogP contribution in [0.2, 0.25) is 0 Å². The number of carboxylic acids is 1. The lowest BCUT2D eigenvalue weighted by atomic mass is 9.97. The molecule has 3 amide bonds. The molecule has 1 heterocycles. The van der Waals surface area contributed by atoms with Crippen molar-refractivity contribution in [1.82, 2.24) is 21.3 Å². The van der Waals surface area contributed by atoms with E-state index in [9.17, 15) is 24.3 Å². The first kappa shape index (κ1) is 25.3. The number of carboxylic acid groups (broad SMARTS) is 1. The van der Waals surface area contributed by atoms with Crippen molar-refractivity contribution in [3.05, 3.63) is 35.9 Å². The molecule has 9 heteroatoms. The molecule has 2 rings (SSSR count). The molecule has 9 nitrogen and oxygen atoms in total. The minimum absolute atomic E-state index is 0.127. The molecule has 176 valence electrons. The van der Waals surface area contributed by atoms with Gasteiger partial charge in [-0.25, -0.2) is 4.79 Å². The number of nitrogens with one attached hydrogen (secondary N) is 4. The van der Waals surface area contributed by atoms with Gasteiger partial charge in [0.1, 0.15) is 18.1 Å². The Labute approximate surface area is 188 Å². The molecule has 1 saturated heterocycles. The fourth-order valence-electron chi connectivity index (χ4n) is 3.58. The van der Waals surface area contributed by atoms with Crippen molar-refractivity contribution in [2.24, 2.45) is 5.92 Å². The SMILES string of the molecule is CCC(C)C(NC(=O)C1CCCN1)C(=O)NC(C)C(=O)NC(Cc1ccccc1)C(=O)O. The van der Waals surface area contributed by atoms with E-state index in [-0.39, 0.29) is 24.3 Å². The van der Waals surface area contributed by atoms with Crippen molar-refractivity contribution >= 4 is 23.7 Å². The van der Waals surface area contributed by atoms with Crippen LogP contribution >= 0.6 is 0 Å². The Morgan fingerprint density at radius 3 is 2.31 bits per heavy atom. The zero-order valence-electron chi connectivity index (χ0n) is 18.9. The lowest BCUT2D eigenvalue weighted by molar-refractivity contribution is -0.142. The molecule has 1 aliphatic heterocycles. The van der Waals surface area contributed by atoms with Crippen molar-refractivity contribution in [3.8, 4) is 0 Å². The predicted molar refractivity (Wildman–Crippen MR) is 120 cm³/mol. The first-order valence-electron chi connectivity index (χ1n) is 11.1. The zero-order valence-corrected chi connectivity index (χ0v) is 18.9. The lowest BCUT2D eigenvalue weighted by Crippen LogP contribution is -2.58. The summed E-state index contributed by atoms with van der Waals surface area (Å²) in [6.45, 7) is 6.03. The van der Waals surface area contributed by atoms with E-state index in [1.54, 1.807) is 24.3 Å². The van der Waals surface area contributed by atoms with E-state index in [0.29, 0.717) is 6.42 Å². The minimum atomic E-state index is -1.16. The van der Waals surface area contributed by atoms with Crippen LogP contribution in [0.3, 0.4) is 0 Å². The fourth-order valence-corrected chi connectivity index (χ4v) is 3.58. The molecule has 5 unspecified atom stereocenters. The van der Waals surface area contributed by atoms with Gasteiger partial charge in [0, 0.05) is 6.42 Å². The van der Waals surface area contributed by atoms with Crippen LogP contribution in [0.1, 0.15) is 45.6 Å². The Hall–Kier alpha value is -2.94. The highest BCUT2D eigenvalue weighted by Gasteiger charge is 2.32. The molecule has 1 aromatic rings. The summed E-state index contributed by atoms with van der Waals surface area (Å²) >= 11 is 0. The molecule has 1 aromatic carbocycles. The van der Waals surface area contributed by atoms with E-state index >= 15 is 0 Å². The summed E-state index contributed by atoms with van der Waals surface area (Å²) in [6, 6.07) is 5.79. The number of benzene rings is 1. The van der Waals surface area contributed by atoms with Gasteiger partial charge in [0.2, 0.25) is 17.7 Å². The van der Waals surface area contributed by atoms with Crippen molar-refractivity contribution in [3.63, 3.8) is 0 Å². The highest BCUT2D eigenvalue weighted by atomic mass is 16.4. The molecular formula is C23H34N4O5. The molecular weight excluding hydrogens is 412 g/mol. The Morgan fingerprint density at radius 1 is 1.06 bits per heavy atom. The number of rotatable bonds is 11. The van der Waals surface area contributed by atoms with Crippen LogP contribution in [0.4, 0.5) is 0 Å². The third-order valence-electron chi connectivity index (χ3n) is 5.82. The lowest BCUT2D eigenvalue weighted by Gasteiger charge is -2.27. The second kappa shape index (κ2) is 12.2. The van der Waals surface area contributed by atoms with Gasteiger partial charge in [-0.2, -0.15) is 0 Å². The van der Waals surface area contributed by atoms with Crippen LogP contribution in [0.15, 0.2) is 30.3 Å². The van der Waals surface area contributed by atoms with E-state index < -0.39 is 35.9 Å². The van der Waals surface area contributed by atoms with Crippen LogP contribution in [-0.2, 0) is 25.6 Å². The first-order chi connectivity index (χ1) is 15.2. The monoisotopic (exact) mass is 446 g/mol. The van der Waals surface area contributed by atoms with E-state index in [0.717, 1.165) is 24.9 Å². The molecule has 5 atom stereocenters. The van der Waals surface area contributed by atoms with Crippen LogP contribution in [0.25, 0.3) is 0 Å². The summed E-state index contributed by atoms with van der Waals surface area (Å²) in [6.07, 6.45) is 2.42. The number of carbonyl (C=O) groups excluding carboxylic acids is 3. The normalized spacial score (nSPS) is 19.3. The van der Waals surface area contributed by atoms with Crippen LogP contribution < -0.4 is 21.3 Å². The fraction of sp³-hybridized carbons (Fsp3) is 0.565. The predicted octanol–water partition coefficient (Wildman–Crippen LogP) is 0.586. The van der Waals surface area contributed by atoms with Crippen molar-refractivity contribution in [2.45, 2.75) is 70.6 Å². The molecule has 5 N–H and O–H groups in total. The summed E-state index contributed by atoms with van der Waals surface area (Å²) in [7, 11) is 0. The largest absolute Gasteiger partial charge is 0.480 e. The molecule has 0 spiro atoms. The van der Waals surface area contributed by atoms with Gasteiger partial charge in [0.15, 0.2) is 0 Å². The summed E-state index contributed by atoms with van der Waals surface area (Å²) in [5, 5.41) is 20.5. The minimum Gasteiger partial charge on any atom is -0.480 e. The Bertz CT molecular complexity index is 795. The zero-order chi connectivity index (χ0) is 23.7. The number of aliphatic carboxylic acids is 1. The quantitative estimate of drug-likeness (QED) is 0.337. The molecule has 0 aliphatic carbocycles. The Balaban J connectivity index is 1.97. The highest BCUT2D eigenvalue weighted by Crippen LogP contribution is 2.11. The number of amides is 3. The Kier molecular flexibility index (Phi) is 9.64. The molecule has 1 aliphatic rings. The van der Waals surface area contributed by atoms with E-state index in [2.05, 4.69) is 21.3 Å². The number of hydrogen-bond acceptors (Lipinski definition) is 5.